The minimum absolute atomic E-state index is 0.0514. The van der Waals surface area contributed by atoms with Gasteiger partial charge in [0.15, 0.2) is 0 Å². The highest BCUT2D eigenvalue weighted by Crippen LogP contribution is 2.18. The van der Waals surface area contributed by atoms with Crippen molar-refractivity contribution in [3.8, 4) is 0 Å². The third-order valence-corrected chi connectivity index (χ3v) is 5.06. The van der Waals surface area contributed by atoms with Crippen molar-refractivity contribution in [1.82, 2.24) is 4.72 Å². The lowest BCUT2D eigenvalue weighted by Gasteiger charge is -2.17. The number of hydrogen-bond acceptors (Lipinski definition) is 4. The predicted octanol–water partition coefficient (Wildman–Crippen LogP) is 1.70. The zero-order valence-corrected chi connectivity index (χ0v) is 12.7. The van der Waals surface area contributed by atoms with Crippen LogP contribution < -0.4 is 10.5 Å². The molecule has 108 valence electrons. The van der Waals surface area contributed by atoms with Crippen molar-refractivity contribution in [3.63, 3.8) is 0 Å². The molecule has 0 saturated carbocycles. The summed E-state index contributed by atoms with van der Waals surface area (Å²) >= 11 is 1.56. The van der Waals surface area contributed by atoms with Crippen molar-refractivity contribution in [2.75, 3.05) is 12.0 Å². The van der Waals surface area contributed by atoms with Gasteiger partial charge in [-0.3, -0.25) is 0 Å². The summed E-state index contributed by atoms with van der Waals surface area (Å²) in [7, 11) is -3.74. The fourth-order valence-corrected chi connectivity index (χ4v) is 4.07. The van der Waals surface area contributed by atoms with Gasteiger partial charge < -0.3 is 5.73 Å². The Kier molecular flexibility index (Phi) is 6.25. The maximum absolute atomic E-state index is 13.2. The standard InChI is InChI=1S/C12H19FN2O2S2/c1-3-11(8-18-2)15-19(16,17)12-6-10(13)5-4-9(12)7-14/h4-6,11,15H,3,7-8,14H2,1-2H3. The predicted molar refractivity (Wildman–Crippen MR) is 77.1 cm³/mol. The number of halogens is 1. The molecule has 0 spiro atoms. The van der Waals surface area contributed by atoms with E-state index in [0.29, 0.717) is 17.7 Å². The Morgan fingerprint density at radius 1 is 1.47 bits per heavy atom. The lowest BCUT2D eigenvalue weighted by molar-refractivity contribution is 0.554. The van der Waals surface area contributed by atoms with Crippen LogP contribution in [0.4, 0.5) is 4.39 Å². The average Bonchev–Trinajstić information content (AvgIpc) is 2.38. The normalized spacial score (nSPS) is 13.5. The summed E-state index contributed by atoms with van der Waals surface area (Å²) in [5, 5.41) is 0. The molecule has 1 atom stereocenters. The summed E-state index contributed by atoms with van der Waals surface area (Å²) in [4.78, 5) is -0.0745. The summed E-state index contributed by atoms with van der Waals surface area (Å²) in [6.07, 6.45) is 2.58. The summed E-state index contributed by atoms with van der Waals surface area (Å²) in [6, 6.07) is 3.45. The van der Waals surface area contributed by atoms with Crippen molar-refractivity contribution in [2.24, 2.45) is 5.73 Å². The van der Waals surface area contributed by atoms with Gasteiger partial charge in [0.2, 0.25) is 10.0 Å². The number of thioether (sulfide) groups is 1. The zero-order chi connectivity index (χ0) is 14.5. The minimum Gasteiger partial charge on any atom is -0.326 e. The van der Waals surface area contributed by atoms with E-state index in [-0.39, 0.29) is 17.5 Å². The lowest BCUT2D eigenvalue weighted by Crippen LogP contribution is -2.36. The molecule has 0 aliphatic rings. The molecule has 7 heteroatoms. The van der Waals surface area contributed by atoms with Crippen LogP contribution in [0, 0.1) is 5.82 Å². The molecule has 4 nitrogen and oxygen atoms in total. The maximum atomic E-state index is 13.2. The second-order valence-electron chi connectivity index (χ2n) is 4.14. The van der Waals surface area contributed by atoms with Gasteiger partial charge in [-0.15, -0.1) is 0 Å². The number of hydrogen-bond donors (Lipinski definition) is 2. The van der Waals surface area contributed by atoms with Crippen LogP contribution in [-0.4, -0.2) is 26.5 Å². The van der Waals surface area contributed by atoms with E-state index in [1.807, 2.05) is 13.2 Å². The third-order valence-electron chi connectivity index (χ3n) is 2.72. The first-order valence-electron chi connectivity index (χ1n) is 5.94. The monoisotopic (exact) mass is 306 g/mol. The van der Waals surface area contributed by atoms with Gasteiger partial charge in [0.05, 0.1) is 4.90 Å². The van der Waals surface area contributed by atoms with Crippen LogP contribution in [0.2, 0.25) is 0 Å². The topological polar surface area (TPSA) is 72.2 Å². The Hall–Kier alpha value is -0.630. The fraction of sp³-hybridized carbons (Fsp3) is 0.500. The van der Waals surface area contributed by atoms with E-state index in [2.05, 4.69) is 4.72 Å². The second kappa shape index (κ2) is 7.23. The molecule has 19 heavy (non-hydrogen) atoms. The van der Waals surface area contributed by atoms with E-state index in [4.69, 9.17) is 5.73 Å². The molecule has 1 rings (SSSR count). The summed E-state index contributed by atoms with van der Waals surface area (Å²) in [5.74, 6) is 0.0821. The van der Waals surface area contributed by atoms with E-state index >= 15 is 0 Å². The van der Waals surface area contributed by atoms with Gasteiger partial charge in [-0.05, 0) is 30.4 Å². The Balaban J connectivity index is 3.09. The Morgan fingerprint density at radius 3 is 2.68 bits per heavy atom. The first-order valence-corrected chi connectivity index (χ1v) is 8.82. The van der Waals surface area contributed by atoms with Crippen LogP contribution in [0.15, 0.2) is 23.1 Å². The maximum Gasteiger partial charge on any atom is 0.241 e. The first kappa shape index (κ1) is 16.4. The van der Waals surface area contributed by atoms with Gasteiger partial charge in [-0.25, -0.2) is 17.5 Å². The number of nitrogens with one attached hydrogen (secondary N) is 1. The van der Waals surface area contributed by atoms with Crippen LogP contribution >= 0.6 is 11.8 Å². The van der Waals surface area contributed by atoms with Gasteiger partial charge in [-0.1, -0.05) is 13.0 Å². The van der Waals surface area contributed by atoms with Crippen molar-refractivity contribution in [1.29, 1.82) is 0 Å². The van der Waals surface area contributed by atoms with Crippen LogP contribution in [0.3, 0.4) is 0 Å². The van der Waals surface area contributed by atoms with E-state index < -0.39 is 15.8 Å². The van der Waals surface area contributed by atoms with Crippen molar-refractivity contribution < 1.29 is 12.8 Å². The van der Waals surface area contributed by atoms with Crippen molar-refractivity contribution >= 4 is 21.8 Å². The smallest absolute Gasteiger partial charge is 0.241 e. The third kappa shape index (κ3) is 4.45. The van der Waals surface area contributed by atoms with Gasteiger partial charge in [0.25, 0.3) is 0 Å². The Bertz CT molecular complexity index is 520. The van der Waals surface area contributed by atoms with Crippen LogP contribution in [0.5, 0.6) is 0 Å². The molecule has 3 N–H and O–H groups in total. The lowest BCUT2D eigenvalue weighted by atomic mass is 10.2. The molecule has 0 aliphatic carbocycles. The SMILES string of the molecule is CCC(CSC)NS(=O)(=O)c1cc(F)ccc1CN. The molecular formula is C12H19FN2O2S2. The molecule has 0 heterocycles. The summed E-state index contributed by atoms with van der Waals surface area (Å²) in [5.41, 5.74) is 5.91. The zero-order valence-electron chi connectivity index (χ0n) is 11.0. The molecular weight excluding hydrogens is 287 g/mol. The molecule has 0 fully saturated rings. The molecule has 1 aromatic rings. The van der Waals surface area contributed by atoms with Gasteiger partial charge >= 0.3 is 0 Å². The largest absolute Gasteiger partial charge is 0.326 e. The van der Waals surface area contributed by atoms with Crippen molar-refractivity contribution in [3.05, 3.63) is 29.6 Å². The summed E-state index contributed by atoms with van der Waals surface area (Å²) < 4.78 is 40.4. The highest BCUT2D eigenvalue weighted by Gasteiger charge is 2.22. The van der Waals surface area contributed by atoms with Crippen LogP contribution in [0.1, 0.15) is 18.9 Å². The molecule has 0 saturated heterocycles. The van der Waals surface area contributed by atoms with Gasteiger partial charge in [-0.2, -0.15) is 11.8 Å². The van der Waals surface area contributed by atoms with E-state index in [1.54, 1.807) is 11.8 Å². The molecule has 0 radical (unpaired) electrons. The van der Waals surface area contributed by atoms with Crippen LogP contribution in [-0.2, 0) is 16.6 Å². The van der Waals surface area contributed by atoms with Crippen molar-refractivity contribution in [2.45, 2.75) is 30.8 Å². The molecule has 0 amide bonds. The molecule has 0 aromatic heterocycles. The molecule has 1 aromatic carbocycles. The molecule has 0 aliphatic heterocycles. The fourth-order valence-electron chi connectivity index (χ4n) is 1.67. The first-order chi connectivity index (χ1) is 8.94. The summed E-state index contributed by atoms with van der Waals surface area (Å²) in [6.45, 7) is 1.95. The number of benzene rings is 1. The number of nitrogens with two attached hydrogens (primary N) is 1. The highest BCUT2D eigenvalue weighted by molar-refractivity contribution is 7.98. The van der Waals surface area contributed by atoms with Gasteiger partial charge in [0.1, 0.15) is 5.82 Å². The number of rotatable bonds is 7. The average molecular weight is 306 g/mol. The van der Waals surface area contributed by atoms with E-state index in [9.17, 15) is 12.8 Å². The Morgan fingerprint density at radius 2 is 2.16 bits per heavy atom. The van der Waals surface area contributed by atoms with E-state index in [0.717, 1.165) is 6.07 Å². The van der Waals surface area contributed by atoms with Crippen LogP contribution in [0.25, 0.3) is 0 Å². The molecule has 1 unspecified atom stereocenters. The Labute approximate surface area is 118 Å². The van der Waals surface area contributed by atoms with Gasteiger partial charge in [0, 0.05) is 18.3 Å². The highest BCUT2D eigenvalue weighted by atomic mass is 32.2. The number of sulfonamides is 1. The minimum atomic E-state index is -3.74. The molecule has 0 bridgehead atoms. The second-order valence-corrected chi connectivity index (χ2v) is 6.73. The quantitative estimate of drug-likeness (QED) is 0.804. The van der Waals surface area contributed by atoms with E-state index in [1.165, 1.54) is 12.1 Å².